The van der Waals surface area contributed by atoms with Crippen LogP contribution in [-0.4, -0.2) is 12.7 Å². The second kappa shape index (κ2) is 5.29. The van der Waals surface area contributed by atoms with Gasteiger partial charge in [-0.2, -0.15) is 0 Å². The van der Waals surface area contributed by atoms with Crippen molar-refractivity contribution in [2.75, 3.05) is 6.61 Å². The van der Waals surface area contributed by atoms with Crippen LogP contribution < -0.4 is 5.73 Å². The Balaban J connectivity index is 2.47. The third-order valence-corrected chi connectivity index (χ3v) is 1.72. The van der Waals surface area contributed by atoms with E-state index in [0.717, 1.165) is 5.56 Å². The van der Waals surface area contributed by atoms with Gasteiger partial charge in [0.1, 0.15) is 6.61 Å². The van der Waals surface area contributed by atoms with Gasteiger partial charge in [-0.05, 0) is 23.8 Å². The number of rotatable bonds is 3. The van der Waals surface area contributed by atoms with Crippen molar-refractivity contribution in [3.05, 3.63) is 40.9 Å². The molecule has 1 aromatic carbocycles. The molecule has 0 aliphatic heterocycles. The highest BCUT2D eigenvalue weighted by Gasteiger charge is 1.90. The van der Waals surface area contributed by atoms with Crippen LogP contribution in [0.5, 0.6) is 0 Å². The van der Waals surface area contributed by atoms with Gasteiger partial charge in [0.2, 0.25) is 0 Å². The Bertz CT molecular complexity index is 350. The van der Waals surface area contributed by atoms with Gasteiger partial charge in [0.05, 0.1) is 0 Å². The Morgan fingerprint density at radius 2 is 2.36 bits per heavy atom. The van der Waals surface area contributed by atoms with E-state index < -0.39 is 6.09 Å². The first-order chi connectivity index (χ1) is 6.68. The van der Waals surface area contributed by atoms with Crippen molar-refractivity contribution in [1.82, 2.24) is 0 Å². The van der Waals surface area contributed by atoms with Crippen molar-refractivity contribution >= 4 is 23.8 Å². The Kier molecular flexibility index (Phi) is 4.01. The van der Waals surface area contributed by atoms with Crippen LogP contribution in [0, 0.1) is 0 Å². The van der Waals surface area contributed by atoms with Crippen LogP contribution in [0.4, 0.5) is 4.79 Å². The molecular formula is C10H10ClNO2. The lowest BCUT2D eigenvalue weighted by molar-refractivity contribution is 0.169. The summed E-state index contributed by atoms with van der Waals surface area (Å²) in [6.07, 6.45) is 2.71. The van der Waals surface area contributed by atoms with E-state index in [1.807, 2.05) is 18.2 Å². The van der Waals surface area contributed by atoms with Gasteiger partial charge in [0.15, 0.2) is 0 Å². The van der Waals surface area contributed by atoms with Crippen molar-refractivity contribution in [2.45, 2.75) is 0 Å². The smallest absolute Gasteiger partial charge is 0.404 e. The minimum absolute atomic E-state index is 0.168. The highest BCUT2D eigenvalue weighted by Crippen LogP contribution is 2.11. The molecule has 0 aromatic heterocycles. The molecule has 1 aromatic rings. The molecule has 0 aliphatic rings. The SMILES string of the molecule is NC(=O)OC/C=C/c1cccc(Cl)c1. The largest absolute Gasteiger partial charge is 0.445 e. The standard InChI is InChI=1S/C10H10ClNO2/c11-9-5-1-3-8(7-9)4-2-6-14-10(12)13/h1-5,7H,6H2,(H2,12,13)/b4-2+. The van der Waals surface area contributed by atoms with Crippen LogP contribution in [-0.2, 0) is 4.74 Å². The first kappa shape index (κ1) is 10.6. The molecule has 14 heavy (non-hydrogen) atoms. The van der Waals surface area contributed by atoms with Crippen LogP contribution in [0.2, 0.25) is 5.02 Å². The van der Waals surface area contributed by atoms with Crippen molar-refractivity contribution in [2.24, 2.45) is 5.73 Å². The molecule has 4 heteroatoms. The van der Waals surface area contributed by atoms with Gasteiger partial charge in [-0.1, -0.05) is 29.8 Å². The normalized spacial score (nSPS) is 10.4. The van der Waals surface area contributed by atoms with E-state index in [1.165, 1.54) is 0 Å². The molecule has 0 bridgehead atoms. The number of carbonyl (C=O) groups excluding carboxylic acids is 1. The molecule has 3 nitrogen and oxygen atoms in total. The lowest BCUT2D eigenvalue weighted by Crippen LogP contribution is -2.12. The summed E-state index contributed by atoms with van der Waals surface area (Å²) in [4.78, 5) is 10.2. The van der Waals surface area contributed by atoms with Gasteiger partial charge in [-0.15, -0.1) is 0 Å². The summed E-state index contributed by atoms with van der Waals surface area (Å²) < 4.78 is 4.51. The summed E-state index contributed by atoms with van der Waals surface area (Å²) in [6, 6.07) is 7.34. The van der Waals surface area contributed by atoms with Gasteiger partial charge in [-0.3, -0.25) is 0 Å². The lowest BCUT2D eigenvalue weighted by atomic mass is 10.2. The molecule has 0 heterocycles. The topological polar surface area (TPSA) is 52.3 Å². The molecule has 0 saturated carbocycles. The Labute approximate surface area is 87.1 Å². The fourth-order valence-corrected chi connectivity index (χ4v) is 1.12. The van der Waals surface area contributed by atoms with Crippen LogP contribution in [0.25, 0.3) is 6.08 Å². The van der Waals surface area contributed by atoms with Gasteiger partial charge < -0.3 is 10.5 Å². The molecule has 0 atom stereocenters. The molecule has 2 N–H and O–H groups in total. The van der Waals surface area contributed by atoms with Crippen LogP contribution in [0.3, 0.4) is 0 Å². The Hall–Kier alpha value is -1.48. The highest BCUT2D eigenvalue weighted by molar-refractivity contribution is 6.30. The quantitative estimate of drug-likeness (QED) is 0.835. The molecule has 0 radical (unpaired) electrons. The number of halogens is 1. The number of benzene rings is 1. The number of hydrogen-bond donors (Lipinski definition) is 1. The average molecular weight is 212 g/mol. The zero-order valence-electron chi connectivity index (χ0n) is 7.44. The van der Waals surface area contributed by atoms with Crippen molar-refractivity contribution in [3.63, 3.8) is 0 Å². The van der Waals surface area contributed by atoms with Crippen molar-refractivity contribution in [3.8, 4) is 0 Å². The second-order valence-corrected chi connectivity index (χ2v) is 3.02. The number of amides is 1. The zero-order valence-corrected chi connectivity index (χ0v) is 8.20. The molecular weight excluding hydrogens is 202 g/mol. The maximum absolute atomic E-state index is 10.2. The number of primary amides is 1. The highest BCUT2D eigenvalue weighted by atomic mass is 35.5. The van der Waals surface area contributed by atoms with Gasteiger partial charge >= 0.3 is 6.09 Å². The van der Waals surface area contributed by atoms with E-state index in [9.17, 15) is 4.79 Å². The molecule has 0 aliphatic carbocycles. The monoisotopic (exact) mass is 211 g/mol. The fraction of sp³-hybridized carbons (Fsp3) is 0.100. The summed E-state index contributed by atoms with van der Waals surface area (Å²) in [6.45, 7) is 0.168. The Morgan fingerprint density at radius 1 is 1.57 bits per heavy atom. The third kappa shape index (κ3) is 3.96. The van der Waals surface area contributed by atoms with E-state index in [1.54, 1.807) is 18.2 Å². The number of ether oxygens (including phenoxy) is 1. The van der Waals surface area contributed by atoms with E-state index >= 15 is 0 Å². The van der Waals surface area contributed by atoms with Gasteiger partial charge in [0, 0.05) is 5.02 Å². The molecule has 1 amide bonds. The summed E-state index contributed by atoms with van der Waals surface area (Å²) in [5, 5.41) is 0.669. The minimum atomic E-state index is -0.777. The number of carbonyl (C=O) groups is 1. The zero-order chi connectivity index (χ0) is 10.4. The first-order valence-corrected chi connectivity index (χ1v) is 4.40. The summed E-state index contributed by atoms with van der Waals surface area (Å²) in [5.41, 5.74) is 5.73. The Morgan fingerprint density at radius 3 is 3.00 bits per heavy atom. The van der Waals surface area contributed by atoms with Crippen molar-refractivity contribution in [1.29, 1.82) is 0 Å². The van der Waals surface area contributed by atoms with Crippen LogP contribution >= 0.6 is 11.6 Å². The molecule has 1 rings (SSSR count). The first-order valence-electron chi connectivity index (χ1n) is 4.03. The van der Waals surface area contributed by atoms with E-state index in [-0.39, 0.29) is 6.61 Å². The summed E-state index contributed by atoms with van der Waals surface area (Å²) in [5.74, 6) is 0. The van der Waals surface area contributed by atoms with Gasteiger partial charge in [0.25, 0.3) is 0 Å². The molecule has 74 valence electrons. The van der Waals surface area contributed by atoms with Crippen LogP contribution in [0.1, 0.15) is 5.56 Å². The van der Waals surface area contributed by atoms with Gasteiger partial charge in [-0.25, -0.2) is 4.79 Å². The van der Waals surface area contributed by atoms with E-state index in [2.05, 4.69) is 4.74 Å². The number of hydrogen-bond acceptors (Lipinski definition) is 2. The lowest BCUT2D eigenvalue weighted by Gasteiger charge is -1.95. The van der Waals surface area contributed by atoms with E-state index in [0.29, 0.717) is 5.02 Å². The predicted octanol–water partition coefficient (Wildman–Crippen LogP) is 2.45. The number of nitrogens with two attached hydrogens (primary N) is 1. The molecule has 0 unspecified atom stereocenters. The summed E-state index contributed by atoms with van der Waals surface area (Å²) >= 11 is 5.77. The molecule has 0 fully saturated rings. The summed E-state index contributed by atoms with van der Waals surface area (Å²) in [7, 11) is 0. The molecule has 0 saturated heterocycles. The molecule has 0 spiro atoms. The second-order valence-electron chi connectivity index (χ2n) is 2.59. The fourth-order valence-electron chi connectivity index (χ4n) is 0.925. The van der Waals surface area contributed by atoms with Crippen LogP contribution in [0.15, 0.2) is 30.3 Å². The maximum Gasteiger partial charge on any atom is 0.404 e. The minimum Gasteiger partial charge on any atom is -0.445 e. The third-order valence-electron chi connectivity index (χ3n) is 1.48. The predicted molar refractivity (Wildman–Crippen MR) is 56.0 cm³/mol. The van der Waals surface area contributed by atoms with E-state index in [4.69, 9.17) is 17.3 Å². The maximum atomic E-state index is 10.2. The van der Waals surface area contributed by atoms with Crippen molar-refractivity contribution < 1.29 is 9.53 Å². The average Bonchev–Trinajstić information content (AvgIpc) is 2.12.